The highest BCUT2D eigenvalue weighted by atomic mass is 35.5. The van der Waals surface area contributed by atoms with Crippen molar-refractivity contribution in [2.45, 2.75) is 6.18 Å². The van der Waals surface area contributed by atoms with Gasteiger partial charge in [0.1, 0.15) is 11.4 Å². The second-order valence-electron chi connectivity index (χ2n) is 4.06. The van der Waals surface area contributed by atoms with Crippen molar-refractivity contribution >= 4 is 23.8 Å². The molecule has 2 N–H and O–H groups in total. The number of hydrogen-bond acceptors (Lipinski definition) is 3. The highest BCUT2D eigenvalue weighted by molar-refractivity contribution is 6.30. The molecule has 0 atom stereocenters. The maximum atomic E-state index is 12.5. The number of benzene rings is 1. The molecule has 1 aromatic carbocycles. The van der Waals surface area contributed by atoms with E-state index in [1.165, 1.54) is 30.4 Å². The summed E-state index contributed by atoms with van der Waals surface area (Å²) in [6.45, 7) is 0. The predicted molar refractivity (Wildman–Crippen MR) is 71.9 cm³/mol. The Balaban J connectivity index is 2.40. The van der Waals surface area contributed by atoms with Crippen LogP contribution in [-0.2, 0) is 6.18 Å². The molecule has 1 aromatic heterocycles. The fourth-order valence-electron chi connectivity index (χ4n) is 1.55. The van der Waals surface area contributed by atoms with E-state index < -0.39 is 17.6 Å². The number of rotatable bonds is 2. The van der Waals surface area contributed by atoms with Gasteiger partial charge >= 0.3 is 11.9 Å². The fraction of sp³-hybridized carbons (Fsp3) is 0.0769. The van der Waals surface area contributed by atoms with Gasteiger partial charge < -0.3 is 10.1 Å². The Hall–Kier alpha value is -2.28. The van der Waals surface area contributed by atoms with Crippen LogP contribution in [0, 0.1) is 0 Å². The van der Waals surface area contributed by atoms with Crippen LogP contribution in [0.4, 0.5) is 13.2 Å². The number of hydrogen-bond donors (Lipinski definition) is 2. The third-order valence-corrected chi connectivity index (χ3v) is 2.73. The molecule has 21 heavy (non-hydrogen) atoms. The predicted octanol–water partition coefficient (Wildman–Crippen LogP) is 3.32. The van der Waals surface area contributed by atoms with E-state index in [0.29, 0.717) is 11.1 Å². The van der Waals surface area contributed by atoms with Gasteiger partial charge in [-0.15, -0.1) is 0 Å². The molecule has 2 aromatic rings. The van der Waals surface area contributed by atoms with Gasteiger partial charge in [0.05, 0.1) is 5.69 Å². The maximum Gasteiger partial charge on any atom is 0.431 e. The van der Waals surface area contributed by atoms with Gasteiger partial charge in [0.2, 0.25) is 0 Å². The number of phenolic OH excluding ortho intramolecular Hbond substituents is 1. The van der Waals surface area contributed by atoms with Gasteiger partial charge in [-0.25, -0.2) is 4.79 Å². The van der Waals surface area contributed by atoms with Crippen LogP contribution >= 0.6 is 11.6 Å². The number of alkyl halides is 3. The molecular formula is C13H8ClF3N2O2. The molecule has 0 saturated heterocycles. The van der Waals surface area contributed by atoms with Crippen LogP contribution in [0.3, 0.4) is 0 Å². The lowest BCUT2D eigenvalue weighted by molar-refractivity contribution is -0.141. The summed E-state index contributed by atoms with van der Waals surface area (Å²) in [6.07, 6.45) is -2.19. The minimum absolute atomic E-state index is 0.100. The Morgan fingerprint density at radius 1 is 1.24 bits per heavy atom. The average Bonchev–Trinajstić information content (AvgIpc) is 2.38. The SMILES string of the molecule is O=c1nc(C=Cc2cc(Cl)ccc2O)cc(C(F)(F)F)[nH]1. The van der Waals surface area contributed by atoms with Gasteiger partial charge in [-0.1, -0.05) is 11.6 Å². The second-order valence-corrected chi connectivity index (χ2v) is 4.50. The number of H-pyrrole nitrogens is 1. The molecule has 0 saturated carbocycles. The van der Waals surface area contributed by atoms with Crippen molar-refractivity contribution in [3.05, 3.63) is 56.7 Å². The molecule has 0 bridgehead atoms. The molecule has 0 aliphatic rings. The first-order valence-corrected chi connectivity index (χ1v) is 5.98. The fourth-order valence-corrected chi connectivity index (χ4v) is 1.73. The molecule has 0 radical (unpaired) electrons. The van der Waals surface area contributed by atoms with Crippen molar-refractivity contribution in [3.63, 3.8) is 0 Å². The summed E-state index contributed by atoms with van der Waals surface area (Å²) in [4.78, 5) is 16.1. The van der Waals surface area contributed by atoms with E-state index in [1.807, 2.05) is 0 Å². The van der Waals surface area contributed by atoms with E-state index >= 15 is 0 Å². The number of halogens is 4. The van der Waals surface area contributed by atoms with Crippen LogP contribution in [0.15, 0.2) is 29.1 Å². The molecule has 0 spiro atoms. The van der Waals surface area contributed by atoms with Crippen molar-refractivity contribution in [1.82, 2.24) is 9.97 Å². The van der Waals surface area contributed by atoms with Gasteiger partial charge in [0, 0.05) is 10.6 Å². The minimum Gasteiger partial charge on any atom is -0.507 e. The zero-order valence-corrected chi connectivity index (χ0v) is 11.0. The van der Waals surface area contributed by atoms with E-state index in [0.717, 1.165) is 0 Å². The minimum atomic E-state index is -4.68. The Morgan fingerprint density at radius 3 is 2.62 bits per heavy atom. The molecule has 1 heterocycles. The summed E-state index contributed by atoms with van der Waals surface area (Å²) < 4.78 is 37.6. The molecule has 0 amide bonds. The first kappa shape index (κ1) is 15.1. The molecule has 8 heteroatoms. The lowest BCUT2D eigenvalue weighted by atomic mass is 10.1. The van der Waals surface area contributed by atoms with Crippen molar-refractivity contribution in [1.29, 1.82) is 0 Å². The lowest BCUT2D eigenvalue weighted by Gasteiger charge is -2.06. The highest BCUT2D eigenvalue weighted by Gasteiger charge is 2.32. The molecule has 4 nitrogen and oxygen atoms in total. The number of nitrogens with zero attached hydrogens (tertiary/aromatic N) is 1. The Labute approximate surface area is 121 Å². The van der Waals surface area contributed by atoms with E-state index in [-0.39, 0.29) is 17.0 Å². The zero-order chi connectivity index (χ0) is 15.6. The summed E-state index contributed by atoms with van der Waals surface area (Å²) in [5, 5.41) is 9.92. The third-order valence-electron chi connectivity index (χ3n) is 2.49. The molecule has 0 unspecified atom stereocenters. The zero-order valence-electron chi connectivity index (χ0n) is 10.3. The van der Waals surface area contributed by atoms with Gasteiger partial charge in [-0.05, 0) is 36.4 Å². The smallest absolute Gasteiger partial charge is 0.431 e. The first-order valence-electron chi connectivity index (χ1n) is 5.61. The number of nitrogens with one attached hydrogen (secondary N) is 1. The van der Waals surface area contributed by atoms with Crippen molar-refractivity contribution in [3.8, 4) is 5.75 Å². The van der Waals surface area contributed by atoms with Crippen LogP contribution in [-0.4, -0.2) is 15.1 Å². The van der Waals surface area contributed by atoms with E-state index in [1.54, 1.807) is 4.98 Å². The number of aromatic amines is 1. The van der Waals surface area contributed by atoms with Gasteiger partial charge in [0.15, 0.2) is 0 Å². The average molecular weight is 317 g/mol. The Morgan fingerprint density at radius 2 is 1.95 bits per heavy atom. The quantitative estimate of drug-likeness (QED) is 0.893. The molecule has 0 aliphatic carbocycles. The largest absolute Gasteiger partial charge is 0.507 e. The molecule has 2 rings (SSSR count). The van der Waals surface area contributed by atoms with Crippen LogP contribution in [0.1, 0.15) is 17.0 Å². The molecule has 0 aliphatic heterocycles. The summed E-state index contributed by atoms with van der Waals surface area (Å²) in [5.74, 6) is -0.100. The molecule has 110 valence electrons. The normalized spacial score (nSPS) is 12.0. The standard InChI is InChI=1S/C13H8ClF3N2O2/c14-8-2-4-10(20)7(5-8)1-3-9-6-11(13(15,16)17)19-12(21)18-9/h1-6,20H,(H,18,19,21). The van der Waals surface area contributed by atoms with Crippen molar-refractivity contribution in [2.24, 2.45) is 0 Å². The highest BCUT2D eigenvalue weighted by Crippen LogP contribution is 2.27. The second kappa shape index (κ2) is 5.61. The lowest BCUT2D eigenvalue weighted by Crippen LogP contribution is -2.19. The Kier molecular flexibility index (Phi) is 4.04. The van der Waals surface area contributed by atoms with E-state index in [9.17, 15) is 23.1 Å². The topological polar surface area (TPSA) is 66.0 Å². The van der Waals surface area contributed by atoms with Gasteiger partial charge in [0.25, 0.3) is 0 Å². The van der Waals surface area contributed by atoms with Gasteiger partial charge in [-0.3, -0.25) is 0 Å². The van der Waals surface area contributed by atoms with Crippen LogP contribution in [0.5, 0.6) is 5.75 Å². The third kappa shape index (κ3) is 3.85. The first-order chi connectivity index (χ1) is 9.75. The van der Waals surface area contributed by atoms with Crippen LogP contribution in [0.2, 0.25) is 5.02 Å². The van der Waals surface area contributed by atoms with Crippen molar-refractivity contribution < 1.29 is 18.3 Å². The summed E-state index contributed by atoms with van der Waals surface area (Å²) in [5.41, 5.74) is -2.21. The van der Waals surface area contributed by atoms with Crippen LogP contribution in [0.25, 0.3) is 12.2 Å². The summed E-state index contributed by atoms with van der Waals surface area (Å²) in [6, 6.07) is 4.92. The van der Waals surface area contributed by atoms with Gasteiger partial charge in [-0.2, -0.15) is 18.2 Å². The number of aromatic hydroxyl groups is 1. The van der Waals surface area contributed by atoms with Crippen molar-refractivity contribution in [2.75, 3.05) is 0 Å². The monoisotopic (exact) mass is 316 g/mol. The summed E-state index contributed by atoms with van der Waals surface area (Å²) in [7, 11) is 0. The van der Waals surface area contributed by atoms with E-state index in [2.05, 4.69) is 4.98 Å². The maximum absolute atomic E-state index is 12.5. The summed E-state index contributed by atoms with van der Waals surface area (Å²) >= 11 is 5.74. The number of phenols is 1. The number of aromatic nitrogens is 2. The molecular weight excluding hydrogens is 309 g/mol. The van der Waals surface area contributed by atoms with Crippen LogP contribution < -0.4 is 5.69 Å². The van der Waals surface area contributed by atoms with E-state index in [4.69, 9.17) is 11.6 Å². The Bertz CT molecular complexity index is 754. The molecule has 0 fully saturated rings.